The maximum atomic E-state index is 13.8. The van der Waals surface area contributed by atoms with Gasteiger partial charge in [0.2, 0.25) is 0 Å². The van der Waals surface area contributed by atoms with Crippen molar-refractivity contribution in [1.82, 2.24) is 4.90 Å². The van der Waals surface area contributed by atoms with Gasteiger partial charge in [0.1, 0.15) is 11.6 Å². The van der Waals surface area contributed by atoms with Gasteiger partial charge in [0, 0.05) is 37.4 Å². The van der Waals surface area contributed by atoms with Gasteiger partial charge in [0.15, 0.2) is 0 Å². The highest BCUT2D eigenvalue weighted by Gasteiger charge is 2.12. The molecule has 0 aliphatic heterocycles. The predicted molar refractivity (Wildman–Crippen MR) is 70.2 cm³/mol. The first-order valence-electron chi connectivity index (χ1n) is 6.25. The molecule has 102 valence electrons. The molecule has 1 aromatic carbocycles. The first kappa shape index (κ1) is 14.9. The molecular formula is C14H22FNO2. The zero-order chi connectivity index (χ0) is 13.5. The minimum atomic E-state index is -0.246. The van der Waals surface area contributed by atoms with Gasteiger partial charge in [-0.15, -0.1) is 0 Å². The molecule has 0 fully saturated rings. The van der Waals surface area contributed by atoms with E-state index in [-0.39, 0.29) is 12.4 Å². The van der Waals surface area contributed by atoms with Crippen molar-refractivity contribution in [2.24, 2.45) is 0 Å². The van der Waals surface area contributed by atoms with Crippen LogP contribution in [0.4, 0.5) is 4.39 Å². The Hall–Kier alpha value is -1.13. The average molecular weight is 255 g/mol. The monoisotopic (exact) mass is 255 g/mol. The molecule has 1 rings (SSSR count). The maximum Gasteiger partial charge on any atom is 0.131 e. The lowest BCUT2D eigenvalue weighted by molar-refractivity contribution is 0.183. The molecule has 0 saturated heterocycles. The lowest BCUT2D eigenvalue weighted by atomic mass is 10.1. The molecule has 18 heavy (non-hydrogen) atoms. The standard InChI is InChI=1S/C14H22FNO2/c1-11(2)16(7-4-8-17)10-12-5-6-13(18-3)9-14(12)15/h5-6,9,11,17H,4,7-8,10H2,1-3H3. The molecule has 0 bridgehead atoms. The van der Waals surface area contributed by atoms with Gasteiger partial charge in [-0.1, -0.05) is 6.07 Å². The number of hydrogen-bond donors (Lipinski definition) is 1. The van der Waals surface area contributed by atoms with Gasteiger partial charge in [-0.2, -0.15) is 0 Å². The summed E-state index contributed by atoms with van der Waals surface area (Å²) in [6.07, 6.45) is 0.704. The summed E-state index contributed by atoms with van der Waals surface area (Å²) in [5, 5.41) is 8.87. The first-order valence-corrected chi connectivity index (χ1v) is 6.25. The first-order chi connectivity index (χ1) is 8.58. The minimum absolute atomic E-state index is 0.161. The van der Waals surface area contributed by atoms with Crippen LogP contribution in [0, 0.1) is 5.82 Å². The van der Waals surface area contributed by atoms with Crippen LogP contribution in [0.1, 0.15) is 25.8 Å². The molecule has 1 N–H and O–H groups in total. The lowest BCUT2D eigenvalue weighted by Crippen LogP contribution is -2.32. The molecule has 0 unspecified atom stereocenters. The SMILES string of the molecule is COc1ccc(CN(CCCO)C(C)C)c(F)c1. The molecule has 0 heterocycles. The summed E-state index contributed by atoms with van der Waals surface area (Å²) >= 11 is 0. The number of aliphatic hydroxyl groups is 1. The summed E-state index contributed by atoms with van der Waals surface area (Å²) in [5.41, 5.74) is 0.655. The van der Waals surface area contributed by atoms with Crippen LogP contribution in [0.15, 0.2) is 18.2 Å². The summed E-state index contributed by atoms with van der Waals surface area (Å²) in [6.45, 7) is 5.61. The zero-order valence-corrected chi connectivity index (χ0v) is 11.3. The zero-order valence-electron chi connectivity index (χ0n) is 11.3. The van der Waals surface area contributed by atoms with Crippen LogP contribution in [-0.4, -0.2) is 36.3 Å². The smallest absolute Gasteiger partial charge is 0.131 e. The Morgan fingerprint density at radius 1 is 1.39 bits per heavy atom. The van der Waals surface area contributed by atoms with Crippen molar-refractivity contribution in [2.75, 3.05) is 20.3 Å². The molecule has 1 aromatic rings. The number of methoxy groups -OCH3 is 1. The number of halogens is 1. The fourth-order valence-corrected chi connectivity index (χ4v) is 1.80. The van der Waals surface area contributed by atoms with Crippen LogP contribution < -0.4 is 4.74 Å². The quantitative estimate of drug-likeness (QED) is 0.812. The Bertz CT molecular complexity index is 369. The van der Waals surface area contributed by atoms with E-state index in [2.05, 4.69) is 18.7 Å². The number of ether oxygens (including phenoxy) is 1. The predicted octanol–water partition coefficient (Wildman–Crippen LogP) is 2.43. The number of benzene rings is 1. The van der Waals surface area contributed by atoms with Crippen LogP contribution >= 0.6 is 0 Å². The summed E-state index contributed by atoms with van der Waals surface area (Å²) in [7, 11) is 1.52. The maximum absolute atomic E-state index is 13.8. The highest BCUT2D eigenvalue weighted by Crippen LogP contribution is 2.18. The van der Waals surface area contributed by atoms with Gasteiger partial charge in [-0.3, -0.25) is 4.90 Å². The number of hydrogen-bond acceptors (Lipinski definition) is 3. The summed E-state index contributed by atoms with van der Waals surface area (Å²) in [5.74, 6) is 0.284. The normalized spacial score (nSPS) is 11.3. The molecule has 4 heteroatoms. The molecule has 0 atom stereocenters. The van der Waals surface area contributed by atoms with Crippen molar-refractivity contribution in [2.45, 2.75) is 32.9 Å². The van der Waals surface area contributed by atoms with Crippen molar-refractivity contribution in [3.63, 3.8) is 0 Å². The fraction of sp³-hybridized carbons (Fsp3) is 0.571. The van der Waals surface area contributed by atoms with Gasteiger partial charge in [0.05, 0.1) is 7.11 Å². The topological polar surface area (TPSA) is 32.7 Å². The van der Waals surface area contributed by atoms with Crippen molar-refractivity contribution < 1.29 is 14.2 Å². The van der Waals surface area contributed by atoms with Crippen molar-refractivity contribution in [3.8, 4) is 5.75 Å². The average Bonchev–Trinajstić information content (AvgIpc) is 2.35. The largest absolute Gasteiger partial charge is 0.497 e. The number of rotatable bonds is 7. The van der Waals surface area contributed by atoms with E-state index in [4.69, 9.17) is 9.84 Å². The molecule has 0 amide bonds. The van der Waals surface area contributed by atoms with Crippen LogP contribution in [0.25, 0.3) is 0 Å². The van der Waals surface area contributed by atoms with E-state index in [0.717, 1.165) is 6.54 Å². The molecule has 3 nitrogen and oxygen atoms in total. The third kappa shape index (κ3) is 4.27. The van der Waals surface area contributed by atoms with Crippen LogP contribution in [-0.2, 0) is 6.54 Å². The second-order valence-corrected chi connectivity index (χ2v) is 4.60. The van der Waals surface area contributed by atoms with Crippen LogP contribution in [0.5, 0.6) is 5.75 Å². The van der Waals surface area contributed by atoms with E-state index in [9.17, 15) is 4.39 Å². The van der Waals surface area contributed by atoms with E-state index in [1.165, 1.54) is 13.2 Å². The fourth-order valence-electron chi connectivity index (χ4n) is 1.80. The molecule has 0 aliphatic carbocycles. The van der Waals surface area contributed by atoms with Gasteiger partial charge in [0.25, 0.3) is 0 Å². The molecular weight excluding hydrogens is 233 g/mol. The Kier molecular flexibility index (Phi) is 6.09. The van der Waals surface area contributed by atoms with Gasteiger partial charge in [-0.05, 0) is 26.3 Å². The van der Waals surface area contributed by atoms with Crippen molar-refractivity contribution in [1.29, 1.82) is 0 Å². The number of nitrogens with zero attached hydrogens (tertiary/aromatic N) is 1. The Labute approximate surface area is 108 Å². The van der Waals surface area contributed by atoms with Gasteiger partial charge >= 0.3 is 0 Å². The van der Waals surface area contributed by atoms with Crippen molar-refractivity contribution in [3.05, 3.63) is 29.6 Å². The number of aliphatic hydroxyl groups excluding tert-OH is 1. The third-order valence-corrected chi connectivity index (χ3v) is 2.97. The highest BCUT2D eigenvalue weighted by molar-refractivity contribution is 5.28. The molecule has 0 radical (unpaired) electrons. The third-order valence-electron chi connectivity index (χ3n) is 2.97. The summed E-state index contributed by atoms with van der Waals surface area (Å²) < 4.78 is 18.8. The van der Waals surface area contributed by atoms with E-state index >= 15 is 0 Å². The lowest BCUT2D eigenvalue weighted by Gasteiger charge is -2.26. The second-order valence-electron chi connectivity index (χ2n) is 4.60. The molecule has 0 aromatic heterocycles. The van der Waals surface area contributed by atoms with Gasteiger partial charge in [-0.25, -0.2) is 4.39 Å². The van der Waals surface area contributed by atoms with E-state index in [0.29, 0.717) is 30.3 Å². The van der Waals surface area contributed by atoms with E-state index in [1.807, 2.05) is 0 Å². The van der Waals surface area contributed by atoms with Crippen molar-refractivity contribution >= 4 is 0 Å². The summed E-state index contributed by atoms with van der Waals surface area (Å²) in [6, 6.07) is 5.24. The van der Waals surface area contributed by atoms with Crippen LogP contribution in [0.3, 0.4) is 0 Å². The molecule has 0 aliphatic rings. The molecule has 0 saturated carbocycles. The Morgan fingerprint density at radius 3 is 2.61 bits per heavy atom. The van der Waals surface area contributed by atoms with Crippen LogP contribution in [0.2, 0.25) is 0 Å². The summed E-state index contributed by atoms with van der Waals surface area (Å²) in [4.78, 5) is 2.14. The van der Waals surface area contributed by atoms with Gasteiger partial charge < -0.3 is 9.84 Å². The Morgan fingerprint density at radius 2 is 2.11 bits per heavy atom. The highest BCUT2D eigenvalue weighted by atomic mass is 19.1. The molecule has 0 spiro atoms. The Balaban J connectivity index is 2.74. The second kappa shape index (κ2) is 7.34. The van der Waals surface area contributed by atoms with E-state index < -0.39 is 0 Å². The van der Waals surface area contributed by atoms with E-state index in [1.54, 1.807) is 12.1 Å². The minimum Gasteiger partial charge on any atom is -0.497 e.